The number of phenolic OH excluding ortho intramolecular Hbond substituents is 1. The fourth-order valence-corrected chi connectivity index (χ4v) is 8.44. The van der Waals surface area contributed by atoms with Crippen LogP contribution < -0.4 is 15.0 Å². The Hall–Kier alpha value is -3.51. The molecular weight excluding hydrogens is 606 g/mol. The number of ether oxygens (including phenoxy) is 2. The third-order valence-corrected chi connectivity index (χ3v) is 10.7. The number of aromatic nitrogens is 3. The SMILES string of the molecule is C[C@@]12CCN(C1)c1nc(OC[C@@]34CCCN3C[C@H](F)C4)nc3c(F)c(ncc13)-c1cc(O)cc(Cl)c1[C@@H]1C[C@@H]1CCOC(=O)N2. The van der Waals surface area contributed by atoms with Gasteiger partial charge in [-0.3, -0.25) is 9.88 Å². The van der Waals surface area contributed by atoms with Crippen molar-refractivity contribution < 1.29 is 28.2 Å². The molecule has 1 amide bonds. The van der Waals surface area contributed by atoms with E-state index >= 15 is 4.39 Å². The van der Waals surface area contributed by atoms with Crippen molar-refractivity contribution in [3.8, 4) is 23.0 Å². The van der Waals surface area contributed by atoms with Gasteiger partial charge in [-0.05, 0) is 75.1 Å². The Morgan fingerprint density at radius 2 is 2.13 bits per heavy atom. The Morgan fingerprint density at radius 3 is 3.00 bits per heavy atom. The number of alkyl carbamates (subject to hydrolysis) is 1. The summed E-state index contributed by atoms with van der Waals surface area (Å²) < 4.78 is 43.0. The molecule has 5 atom stereocenters. The Labute approximate surface area is 264 Å². The Bertz CT molecular complexity index is 1710. The molecule has 0 spiro atoms. The molecular formula is C32H35ClF2N6O4. The average molecular weight is 641 g/mol. The van der Waals surface area contributed by atoms with Crippen LogP contribution in [0.1, 0.15) is 56.9 Å². The van der Waals surface area contributed by atoms with Crippen molar-refractivity contribution in [1.29, 1.82) is 0 Å². The molecule has 238 valence electrons. The molecule has 13 heteroatoms. The van der Waals surface area contributed by atoms with Gasteiger partial charge in [0.15, 0.2) is 5.82 Å². The van der Waals surface area contributed by atoms with E-state index in [-0.39, 0.29) is 48.0 Å². The second kappa shape index (κ2) is 10.5. The maximum Gasteiger partial charge on any atom is 0.407 e. The van der Waals surface area contributed by atoms with Gasteiger partial charge in [-0.25, -0.2) is 13.6 Å². The van der Waals surface area contributed by atoms with Crippen LogP contribution in [0.3, 0.4) is 0 Å². The highest BCUT2D eigenvalue weighted by atomic mass is 35.5. The second-order valence-corrected chi connectivity index (χ2v) is 14.1. The molecule has 1 saturated carbocycles. The van der Waals surface area contributed by atoms with Gasteiger partial charge >= 0.3 is 12.1 Å². The number of fused-ring (bicyclic) bond motifs is 6. The minimum absolute atomic E-state index is 0.00704. The molecule has 1 aliphatic carbocycles. The largest absolute Gasteiger partial charge is 0.508 e. The average Bonchev–Trinajstić information content (AvgIpc) is 3.28. The highest BCUT2D eigenvalue weighted by molar-refractivity contribution is 6.32. The molecule has 2 N–H and O–H groups in total. The van der Waals surface area contributed by atoms with E-state index in [1.54, 1.807) is 6.20 Å². The van der Waals surface area contributed by atoms with E-state index in [1.807, 2.05) is 11.8 Å². The Kier molecular flexibility index (Phi) is 6.76. The molecule has 0 radical (unpaired) electrons. The smallest absolute Gasteiger partial charge is 0.407 e. The Morgan fingerprint density at radius 1 is 1.27 bits per heavy atom. The van der Waals surface area contributed by atoms with E-state index < -0.39 is 29.2 Å². The lowest BCUT2D eigenvalue weighted by Crippen LogP contribution is -2.48. The van der Waals surface area contributed by atoms with Crippen LogP contribution in [0, 0.1) is 11.7 Å². The minimum Gasteiger partial charge on any atom is -0.508 e. The zero-order chi connectivity index (χ0) is 31.1. The lowest BCUT2D eigenvalue weighted by atomic mass is 9.95. The van der Waals surface area contributed by atoms with Crippen molar-refractivity contribution in [3.63, 3.8) is 0 Å². The first-order valence-electron chi connectivity index (χ1n) is 15.7. The molecule has 10 nitrogen and oxygen atoms in total. The highest BCUT2D eigenvalue weighted by Crippen LogP contribution is 2.55. The summed E-state index contributed by atoms with van der Waals surface area (Å²) in [6.07, 6.45) is 4.33. The maximum absolute atomic E-state index is 16.8. The minimum atomic E-state index is -0.917. The number of nitrogens with one attached hydrogen (secondary N) is 1. The molecule has 2 aromatic heterocycles. The molecule has 45 heavy (non-hydrogen) atoms. The van der Waals surface area contributed by atoms with Crippen LogP contribution in [-0.4, -0.2) is 87.7 Å². The Balaban J connectivity index is 1.26. The summed E-state index contributed by atoms with van der Waals surface area (Å²) in [5.74, 6) is -0.169. The van der Waals surface area contributed by atoms with Crippen molar-refractivity contribution >= 4 is 34.4 Å². The van der Waals surface area contributed by atoms with Crippen LogP contribution in [0.4, 0.5) is 19.4 Å². The third kappa shape index (κ3) is 5.00. The lowest BCUT2D eigenvalue weighted by Gasteiger charge is -2.31. The van der Waals surface area contributed by atoms with Gasteiger partial charge in [0.25, 0.3) is 0 Å². The molecule has 7 heterocycles. The van der Waals surface area contributed by atoms with Crippen LogP contribution in [0.15, 0.2) is 18.3 Å². The van der Waals surface area contributed by atoms with Crippen LogP contribution in [0.2, 0.25) is 5.02 Å². The number of amides is 1. The normalized spacial score (nSPS) is 31.0. The summed E-state index contributed by atoms with van der Waals surface area (Å²) in [7, 11) is 0. The first-order valence-corrected chi connectivity index (χ1v) is 16.1. The fourth-order valence-electron chi connectivity index (χ4n) is 8.09. The number of hydrogen-bond donors (Lipinski definition) is 2. The number of benzene rings is 1. The van der Waals surface area contributed by atoms with E-state index in [0.29, 0.717) is 66.3 Å². The molecule has 4 fully saturated rings. The number of carbonyl (C=O) groups is 1. The highest BCUT2D eigenvalue weighted by Gasteiger charge is 2.49. The quantitative estimate of drug-likeness (QED) is 0.391. The van der Waals surface area contributed by atoms with Crippen LogP contribution in [0.5, 0.6) is 11.8 Å². The van der Waals surface area contributed by atoms with Gasteiger partial charge in [0.2, 0.25) is 0 Å². The van der Waals surface area contributed by atoms with Gasteiger partial charge in [-0.2, -0.15) is 9.97 Å². The number of anilines is 1. The predicted molar refractivity (Wildman–Crippen MR) is 163 cm³/mol. The maximum atomic E-state index is 16.8. The molecule has 9 rings (SSSR count). The van der Waals surface area contributed by atoms with Crippen LogP contribution in [-0.2, 0) is 4.74 Å². The summed E-state index contributed by atoms with van der Waals surface area (Å²) in [6, 6.07) is 2.93. The number of hydrogen-bond acceptors (Lipinski definition) is 9. The molecule has 6 bridgehead atoms. The first-order chi connectivity index (χ1) is 21.6. The zero-order valence-electron chi connectivity index (χ0n) is 25.0. The van der Waals surface area contributed by atoms with Gasteiger partial charge in [-0.15, -0.1) is 0 Å². The number of pyridine rings is 1. The lowest BCUT2D eigenvalue weighted by molar-refractivity contribution is 0.107. The number of carbonyl (C=O) groups excluding carboxylic acids is 1. The van der Waals surface area contributed by atoms with Crippen molar-refractivity contribution in [2.75, 3.05) is 44.3 Å². The predicted octanol–water partition coefficient (Wildman–Crippen LogP) is 5.35. The fraction of sp³-hybridized carbons (Fsp3) is 0.562. The third-order valence-electron chi connectivity index (χ3n) is 10.4. The number of halogens is 3. The molecule has 3 aromatic rings. The van der Waals surface area contributed by atoms with Gasteiger partial charge in [0, 0.05) is 42.8 Å². The topological polar surface area (TPSA) is 113 Å². The van der Waals surface area contributed by atoms with E-state index in [0.717, 1.165) is 25.8 Å². The molecule has 3 saturated heterocycles. The first kappa shape index (κ1) is 28.9. The number of nitrogens with zero attached hydrogens (tertiary/aromatic N) is 5. The second-order valence-electron chi connectivity index (χ2n) is 13.6. The van der Waals surface area contributed by atoms with Crippen LogP contribution >= 0.6 is 11.6 Å². The number of alkyl halides is 1. The van der Waals surface area contributed by atoms with E-state index in [2.05, 4.69) is 20.2 Å². The number of aromatic hydroxyl groups is 1. The van der Waals surface area contributed by atoms with Gasteiger partial charge in [0.05, 0.1) is 23.1 Å². The number of rotatable bonds is 3. The molecule has 0 unspecified atom stereocenters. The van der Waals surface area contributed by atoms with Crippen LogP contribution in [0.25, 0.3) is 22.2 Å². The van der Waals surface area contributed by atoms with Crippen molar-refractivity contribution in [2.24, 2.45) is 5.92 Å². The zero-order valence-corrected chi connectivity index (χ0v) is 25.7. The van der Waals surface area contributed by atoms with E-state index in [9.17, 15) is 14.3 Å². The van der Waals surface area contributed by atoms with Crippen molar-refractivity contribution in [3.05, 3.63) is 34.7 Å². The molecule has 5 aliphatic heterocycles. The van der Waals surface area contributed by atoms with E-state index in [1.165, 1.54) is 12.1 Å². The number of phenols is 1. The summed E-state index contributed by atoms with van der Waals surface area (Å²) in [4.78, 5) is 30.8. The standard InChI is InChI=1S/C32H35ClF2N6O4/c1-31-5-7-40(15-31)28-22-13-36-26(21-10-19(42)11-23(33)24(21)20-9-17(20)3-8-44-30(43)39-31)25(35)27(22)37-29(38-28)45-16-32-4-2-6-41(32)14-18(34)12-32/h10-11,13,17-18,20,42H,2-9,12,14-16H2,1H3,(H,39,43)/t17-,18+,20+,31+,32-/m0/s1. The summed E-state index contributed by atoms with van der Waals surface area (Å²) in [5.41, 5.74) is 0.100. The molecule has 6 aliphatic rings. The molecule has 1 aromatic carbocycles. The van der Waals surface area contributed by atoms with E-state index in [4.69, 9.17) is 26.1 Å². The monoisotopic (exact) mass is 640 g/mol. The summed E-state index contributed by atoms with van der Waals surface area (Å²) in [5, 5.41) is 14.2. The van der Waals surface area contributed by atoms with Gasteiger partial charge in [0.1, 0.15) is 35.6 Å². The van der Waals surface area contributed by atoms with Gasteiger partial charge < -0.3 is 24.8 Å². The van der Waals surface area contributed by atoms with Gasteiger partial charge in [-0.1, -0.05) is 11.6 Å². The van der Waals surface area contributed by atoms with Crippen molar-refractivity contribution in [2.45, 2.75) is 68.6 Å². The van der Waals surface area contributed by atoms with Crippen molar-refractivity contribution in [1.82, 2.24) is 25.2 Å². The summed E-state index contributed by atoms with van der Waals surface area (Å²) in [6.45, 7) is 4.51. The summed E-state index contributed by atoms with van der Waals surface area (Å²) >= 11 is 6.67.